The summed E-state index contributed by atoms with van der Waals surface area (Å²) in [4.78, 5) is 11.3. The number of carboxylic acid groups (broad SMARTS) is 1. The largest absolute Gasteiger partial charge is 0.476 e. The fourth-order valence-corrected chi connectivity index (χ4v) is 2.45. The van der Waals surface area contributed by atoms with Crippen molar-refractivity contribution in [3.63, 3.8) is 0 Å². The molecule has 0 aliphatic carbocycles. The molecule has 0 saturated carbocycles. The second-order valence-electron chi connectivity index (χ2n) is 4.70. The molecule has 1 aromatic carbocycles. The van der Waals surface area contributed by atoms with E-state index >= 15 is 0 Å². The van der Waals surface area contributed by atoms with Gasteiger partial charge in [0.25, 0.3) is 0 Å². The van der Waals surface area contributed by atoms with E-state index in [2.05, 4.69) is 5.10 Å². The van der Waals surface area contributed by atoms with Crippen LogP contribution in [0.25, 0.3) is 10.9 Å². The highest BCUT2D eigenvalue weighted by atomic mass is 16.5. The van der Waals surface area contributed by atoms with Gasteiger partial charge in [-0.15, -0.1) is 0 Å². The van der Waals surface area contributed by atoms with Crippen LogP contribution in [0.4, 0.5) is 5.69 Å². The van der Waals surface area contributed by atoms with E-state index in [9.17, 15) is 9.90 Å². The van der Waals surface area contributed by atoms with Gasteiger partial charge in [0.2, 0.25) is 0 Å². The molecule has 0 spiro atoms. The number of hydrogen-bond donors (Lipinski definition) is 2. The van der Waals surface area contributed by atoms with Crippen LogP contribution in [0.1, 0.15) is 36.0 Å². The summed E-state index contributed by atoms with van der Waals surface area (Å²) in [5.41, 5.74) is 7.02. The first kappa shape index (κ1) is 12.0. The quantitative estimate of drug-likeness (QED) is 0.807. The van der Waals surface area contributed by atoms with Crippen LogP contribution in [0.5, 0.6) is 0 Å². The van der Waals surface area contributed by atoms with Gasteiger partial charge in [0, 0.05) is 17.7 Å². The number of nitrogen functional groups attached to an aromatic ring is 1. The molecule has 2 heterocycles. The smallest absolute Gasteiger partial charge is 0.357 e. The Morgan fingerprint density at radius 2 is 2.32 bits per heavy atom. The van der Waals surface area contributed by atoms with Gasteiger partial charge in [-0.05, 0) is 37.5 Å². The SMILES string of the molecule is Nc1ccc2c(c1)c(C(=O)O)nn2C1CCCCO1. The van der Waals surface area contributed by atoms with Gasteiger partial charge in [-0.3, -0.25) is 0 Å². The summed E-state index contributed by atoms with van der Waals surface area (Å²) in [7, 11) is 0. The number of hydrogen-bond acceptors (Lipinski definition) is 4. The van der Waals surface area contributed by atoms with Gasteiger partial charge in [0.15, 0.2) is 11.9 Å². The van der Waals surface area contributed by atoms with Crippen molar-refractivity contribution in [3.05, 3.63) is 23.9 Å². The van der Waals surface area contributed by atoms with Crippen LogP contribution in [0.2, 0.25) is 0 Å². The van der Waals surface area contributed by atoms with Gasteiger partial charge in [0.1, 0.15) is 0 Å². The molecule has 1 fully saturated rings. The van der Waals surface area contributed by atoms with E-state index in [1.807, 2.05) is 0 Å². The Morgan fingerprint density at radius 3 is 3.00 bits per heavy atom. The van der Waals surface area contributed by atoms with E-state index < -0.39 is 5.97 Å². The zero-order chi connectivity index (χ0) is 13.4. The van der Waals surface area contributed by atoms with E-state index in [4.69, 9.17) is 10.5 Å². The van der Waals surface area contributed by atoms with Gasteiger partial charge < -0.3 is 15.6 Å². The maximum Gasteiger partial charge on any atom is 0.357 e. The van der Waals surface area contributed by atoms with Gasteiger partial charge in [-0.2, -0.15) is 5.10 Å². The molecule has 3 rings (SSSR count). The number of rotatable bonds is 2. The molecule has 6 nitrogen and oxygen atoms in total. The summed E-state index contributed by atoms with van der Waals surface area (Å²) in [6.45, 7) is 0.684. The zero-order valence-electron chi connectivity index (χ0n) is 10.4. The third-order valence-electron chi connectivity index (χ3n) is 3.36. The van der Waals surface area contributed by atoms with Crippen molar-refractivity contribution in [3.8, 4) is 0 Å². The lowest BCUT2D eigenvalue weighted by molar-refractivity contribution is -0.0368. The highest BCUT2D eigenvalue weighted by Crippen LogP contribution is 2.29. The van der Waals surface area contributed by atoms with E-state index in [1.165, 1.54) is 0 Å². The second-order valence-corrected chi connectivity index (χ2v) is 4.70. The summed E-state index contributed by atoms with van der Waals surface area (Å²) in [5.74, 6) is -1.05. The molecule has 100 valence electrons. The van der Waals surface area contributed by atoms with Crippen LogP contribution in [0.3, 0.4) is 0 Å². The fourth-order valence-electron chi connectivity index (χ4n) is 2.45. The molecule has 2 aromatic rings. The van der Waals surface area contributed by atoms with Crippen molar-refractivity contribution in [2.45, 2.75) is 25.5 Å². The monoisotopic (exact) mass is 261 g/mol. The minimum absolute atomic E-state index is 0.0245. The van der Waals surface area contributed by atoms with Gasteiger partial charge in [-0.1, -0.05) is 0 Å². The molecule has 1 saturated heterocycles. The first-order chi connectivity index (χ1) is 9.16. The number of nitrogens with zero attached hydrogens (tertiary/aromatic N) is 2. The van der Waals surface area contributed by atoms with Crippen LogP contribution in [0.15, 0.2) is 18.2 Å². The Labute approximate surface area is 109 Å². The minimum atomic E-state index is -1.05. The van der Waals surface area contributed by atoms with E-state index in [-0.39, 0.29) is 11.9 Å². The van der Waals surface area contributed by atoms with Gasteiger partial charge in [-0.25, -0.2) is 9.48 Å². The molecule has 1 atom stereocenters. The number of fused-ring (bicyclic) bond motifs is 1. The summed E-state index contributed by atoms with van der Waals surface area (Å²) in [5, 5.41) is 14.0. The van der Waals surface area contributed by atoms with Gasteiger partial charge in [0.05, 0.1) is 5.52 Å². The molecule has 0 bridgehead atoms. The number of carboxylic acids is 1. The van der Waals surface area contributed by atoms with Crippen molar-refractivity contribution in [1.29, 1.82) is 0 Å². The van der Waals surface area contributed by atoms with Crippen LogP contribution in [0, 0.1) is 0 Å². The second kappa shape index (κ2) is 4.55. The Kier molecular flexibility index (Phi) is 2.87. The Balaban J connectivity index is 2.16. The molecule has 1 aliphatic heterocycles. The molecule has 0 radical (unpaired) electrons. The van der Waals surface area contributed by atoms with Crippen LogP contribution in [-0.4, -0.2) is 27.5 Å². The number of carbonyl (C=O) groups is 1. The number of ether oxygens (including phenoxy) is 1. The lowest BCUT2D eigenvalue weighted by atomic mass is 10.1. The van der Waals surface area contributed by atoms with Crippen molar-refractivity contribution < 1.29 is 14.6 Å². The Bertz CT molecular complexity index is 629. The predicted octanol–water partition coefficient (Wildman–Crippen LogP) is 2.02. The highest BCUT2D eigenvalue weighted by Gasteiger charge is 2.23. The summed E-state index contributed by atoms with van der Waals surface area (Å²) >= 11 is 0. The average molecular weight is 261 g/mol. The third kappa shape index (κ3) is 2.04. The molecule has 1 aliphatic rings. The molecular weight excluding hydrogens is 246 g/mol. The molecule has 1 aromatic heterocycles. The standard InChI is InChI=1S/C13H15N3O3/c14-8-4-5-10-9(7-8)12(13(17)18)15-16(10)11-3-1-2-6-19-11/h4-5,7,11H,1-3,6,14H2,(H,17,18). The molecule has 1 unspecified atom stereocenters. The zero-order valence-corrected chi connectivity index (χ0v) is 10.4. The number of benzene rings is 1. The van der Waals surface area contributed by atoms with Crippen LogP contribution in [-0.2, 0) is 4.74 Å². The molecule has 0 amide bonds. The lowest BCUT2D eigenvalue weighted by Gasteiger charge is -2.23. The van der Waals surface area contributed by atoms with Crippen LogP contribution >= 0.6 is 0 Å². The normalized spacial score (nSPS) is 19.7. The van der Waals surface area contributed by atoms with E-state index in [0.29, 0.717) is 17.7 Å². The minimum Gasteiger partial charge on any atom is -0.476 e. The summed E-state index contributed by atoms with van der Waals surface area (Å²) in [6.07, 6.45) is 2.76. The average Bonchev–Trinajstić information content (AvgIpc) is 2.78. The lowest BCUT2D eigenvalue weighted by Crippen LogP contribution is -2.19. The third-order valence-corrected chi connectivity index (χ3v) is 3.36. The number of aromatic carboxylic acids is 1. The predicted molar refractivity (Wildman–Crippen MR) is 69.9 cm³/mol. The van der Waals surface area contributed by atoms with Crippen molar-refractivity contribution >= 4 is 22.6 Å². The van der Waals surface area contributed by atoms with E-state index in [0.717, 1.165) is 24.8 Å². The molecular formula is C13H15N3O3. The fraction of sp³-hybridized carbons (Fsp3) is 0.385. The van der Waals surface area contributed by atoms with Crippen molar-refractivity contribution in [1.82, 2.24) is 9.78 Å². The maximum atomic E-state index is 11.3. The number of aromatic nitrogens is 2. The first-order valence-corrected chi connectivity index (χ1v) is 6.29. The molecule has 19 heavy (non-hydrogen) atoms. The molecule has 3 N–H and O–H groups in total. The first-order valence-electron chi connectivity index (χ1n) is 6.29. The topological polar surface area (TPSA) is 90.4 Å². The Morgan fingerprint density at radius 1 is 1.47 bits per heavy atom. The number of anilines is 1. The van der Waals surface area contributed by atoms with Crippen molar-refractivity contribution in [2.24, 2.45) is 0 Å². The summed E-state index contributed by atoms with van der Waals surface area (Å²) < 4.78 is 7.34. The maximum absolute atomic E-state index is 11.3. The number of nitrogens with two attached hydrogens (primary N) is 1. The van der Waals surface area contributed by atoms with Crippen molar-refractivity contribution in [2.75, 3.05) is 12.3 Å². The summed E-state index contributed by atoms with van der Waals surface area (Å²) in [6, 6.07) is 5.18. The van der Waals surface area contributed by atoms with E-state index in [1.54, 1.807) is 22.9 Å². The highest BCUT2D eigenvalue weighted by molar-refractivity contribution is 6.02. The Hall–Kier alpha value is -2.08. The van der Waals surface area contributed by atoms with Gasteiger partial charge >= 0.3 is 5.97 Å². The molecule has 6 heteroatoms. The van der Waals surface area contributed by atoms with Crippen LogP contribution < -0.4 is 5.73 Å².